The molecule has 0 spiro atoms. The third-order valence-electron chi connectivity index (χ3n) is 6.17. The molecule has 9 heteroatoms. The number of esters is 1. The van der Waals surface area contributed by atoms with Gasteiger partial charge in [0.2, 0.25) is 10.0 Å². The second-order valence-electron chi connectivity index (χ2n) is 8.24. The summed E-state index contributed by atoms with van der Waals surface area (Å²) in [6, 6.07) is 9.42. The molecule has 0 radical (unpaired) electrons. The first-order valence-corrected chi connectivity index (χ1v) is 12.3. The Morgan fingerprint density at radius 1 is 1.03 bits per heavy atom. The highest BCUT2D eigenvalue weighted by atomic mass is 32.2. The minimum absolute atomic E-state index is 0.0684. The summed E-state index contributed by atoms with van der Waals surface area (Å²) in [7, 11) is -3.77. The van der Waals surface area contributed by atoms with Crippen LogP contribution in [0.15, 0.2) is 50.5 Å². The van der Waals surface area contributed by atoms with Crippen molar-refractivity contribution in [3.05, 3.63) is 69.1 Å². The van der Waals surface area contributed by atoms with E-state index in [0.29, 0.717) is 30.8 Å². The van der Waals surface area contributed by atoms with Crippen molar-refractivity contribution in [2.24, 2.45) is 0 Å². The third kappa shape index (κ3) is 3.96. The standard InChI is InChI=1S/C24H23NO7S/c1-15-5-6-16(13-22(15)33(28,29)25-9-11-30-12-10-25)23(26)31-17-7-8-19-18-3-2-4-20(18)24(27)32-21(19)14-17/h5-8,13-14H,2-4,9-12H2,1H3. The Morgan fingerprint density at radius 2 is 1.79 bits per heavy atom. The SMILES string of the molecule is Cc1ccc(C(=O)Oc2ccc3c4c(c(=O)oc3c2)CCC4)cc1S(=O)(=O)N1CCOCC1. The summed E-state index contributed by atoms with van der Waals surface area (Å²) in [4.78, 5) is 25.1. The average Bonchev–Trinajstić information content (AvgIpc) is 3.31. The summed E-state index contributed by atoms with van der Waals surface area (Å²) in [6.07, 6.45) is 2.45. The van der Waals surface area contributed by atoms with Crippen molar-refractivity contribution >= 4 is 27.0 Å². The van der Waals surface area contributed by atoms with E-state index in [9.17, 15) is 18.0 Å². The van der Waals surface area contributed by atoms with Gasteiger partial charge < -0.3 is 13.9 Å². The molecular formula is C24H23NO7S. The number of carbonyl (C=O) groups is 1. The van der Waals surface area contributed by atoms with Crippen LogP contribution in [0.2, 0.25) is 0 Å². The van der Waals surface area contributed by atoms with Gasteiger partial charge in [0.15, 0.2) is 0 Å². The van der Waals surface area contributed by atoms with Crippen molar-refractivity contribution in [1.29, 1.82) is 0 Å². The zero-order chi connectivity index (χ0) is 23.2. The van der Waals surface area contributed by atoms with Gasteiger partial charge in [0.05, 0.1) is 23.7 Å². The van der Waals surface area contributed by atoms with Gasteiger partial charge in [0.25, 0.3) is 0 Å². The zero-order valence-electron chi connectivity index (χ0n) is 18.1. The number of sulfonamides is 1. The summed E-state index contributed by atoms with van der Waals surface area (Å²) in [6.45, 7) is 2.89. The number of aryl methyl sites for hydroxylation is 2. The summed E-state index contributed by atoms with van der Waals surface area (Å²) in [5.74, 6) is -0.483. The fraction of sp³-hybridized carbons (Fsp3) is 0.333. The van der Waals surface area contributed by atoms with Crippen LogP contribution in [0, 0.1) is 6.92 Å². The van der Waals surface area contributed by atoms with Crippen LogP contribution in [0.1, 0.15) is 33.5 Å². The molecular weight excluding hydrogens is 446 g/mol. The number of fused-ring (bicyclic) bond motifs is 3. The normalized spacial score (nSPS) is 16.6. The molecule has 172 valence electrons. The molecule has 0 N–H and O–H groups in total. The van der Waals surface area contributed by atoms with Gasteiger partial charge in [-0.3, -0.25) is 0 Å². The first kappa shape index (κ1) is 21.8. The minimum Gasteiger partial charge on any atom is -0.423 e. The number of ether oxygens (including phenoxy) is 2. The van der Waals surface area contributed by atoms with Crippen LogP contribution < -0.4 is 10.4 Å². The van der Waals surface area contributed by atoms with Crippen molar-refractivity contribution in [3.63, 3.8) is 0 Å². The van der Waals surface area contributed by atoms with Gasteiger partial charge in [0, 0.05) is 30.1 Å². The van der Waals surface area contributed by atoms with Crippen LogP contribution in [0.25, 0.3) is 11.0 Å². The van der Waals surface area contributed by atoms with E-state index in [1.54, 1.807) is 25.1 Å². The fourth-order valence-electron chi connectivity index (χ4n) is 4.42. The number of morpholine rings is 1. The summed E-state index contributed by atoms with van der Waals surface area (Å²) >= 11 is 0. The van der Waals surface area contributed by atoms with Gasteiger partial charge in [-0.2, -0.15) is 4.31 Å². The quantitative estimate of drug-likeness (QED) is 0.329. The molecule has 2 aliphatic rings. The highest BCUT2D eigenvalue weighted by Crippen LogP contribution is 2.30. The molecule has 0 atom stereocenters. The summed E-state index contributed by atoms with van der Waals surface area (Å²) in [5.41, 5.74) is 2.39. The molecule has 5 rings (SSSR count). The zero-order valence-corrected chi connectivity index (χ0v) is 18.9. The van der Waals surface area contributed by atoms with E-state index in [1.165, 1.54) is 22.5 Å². The molecule has 0 amide bonds. The maximum Gasteiger partial charge on any atom is 0.343 e. The highest BCUT2D eigenvalue weighted by Gasteiger charge is 2.29. The molecule has 3 aromatic rings. The van der Waals surface area contributed by atoms with E-state index in [-0.39, 0.29) is 34.9 Å². The third-order valence-corrected chi connectivity index (χ3v) is 8.21. The maximum absolute atomic E-state index is 13.1. The molecule has 1 aromatic heterocycles. The minimum atomic E-state index is -3.77. The first-order valence-electron chi connectivity index (χ1n) is 10.8. The van der Waals surface area contributed by atoms with E-state index in [0.717, 1.165) is 29.4 Å². The van der Waals surface area contributed by atoms with Gasteiger partial charge in [-0.25, -0.2) is 18.0 Å². The number of carbonyl (C=O) groups excluding carboxylic acids is 1. The Kier molecular flexibility index (Phi) is 5.55. The van der Waals surface area contributed by atoms with E-state index >= 15 is 0 Å². The molecule has 2 aromatic carbocycles. The number of benzene rings is 2. The van der Waals surface area contributed by atoms with Gasteiger partial charge >= 0.3 is 11.6 Å². The predicted molar refractivity (Wildman–Crippen MR) is 120 cm³/mol. The molecule has 1 aliphatic carbocycles. The van der Waals surface area contributed by atoms with Gasteiger partial charge in [-0.1, -0.05) is 6.07 Å². The second-order valence-corrected chi connectivity index (χ2v) is 10.2. The van der Waals surface area contributed by atoms with Crippen LogP contribution in [0.4, 0.5) is 0 Å². The number of rotatable bonds is 4. The predicted octanol–water partition coefficient (Wildman–Crippen LogP) is 2.83. The van der Waals surface area contributed by atoms with Crippen LogP contribution in [-0.2, 0) is 27.6 Å². The van der Waals surface area contributed by atoms with Crippen molar-refractivity contribution in [2.75, 3.05) is 26.3 Å². The summed E-state index contributed by atoms with van der Waals surface area (Å²) in [5, 5.41) is 0.844. The summed E-state index contributed by atoms with van der Waals surface area (Å²) < 4.78 is 43.7. The van der Waals surface area contributed by atoms with Crippen LogP contribution >= 0.6 is 0 Å². The Morgan fingerprint density at radius 3 is 2.58 bits per heavy atom. The number of hydrogen-bond donors (Lipinski definition) is 0. The molecule has 33 heavy (non-hydrogen) atoms. The lowest BCUT2D eigenvalue weighted by Crippen LogP contribution is -2.40. The molecule has 1 fully saturated rings. The maximum atomic E-state index is 13.1. The molecule has 0 unspecified atom stereocenters. The monoisotopic (exact) mass is 469 g/mol. The molecule has 1 saturated heterocycles. The van der Waals surface area contributed by atoms with Crippen LogP contribution in [-0.4, -0.2) is 45.0 Å². The fourth-order valence-corrected chi connectivity index (χ4v) is 6.08. The van der Waals surface area contributed by atoms with Gasteiger partial charge in [0.1, 0.15) is 11.3 Å². The lowest BCUT2D eigenvalue weighted by molar-refractivity contribution is 0.0727. The number of nitrogens with zero attached hydrogens (tertiary/aromatic N) is 1. The molecule has 0 bridgehead atoms. The lowest BCUT2D eigenvalue weighted by Gasteiger charge is -2.26. The van der Waals surface area contributed by atoms with Crippen LogP contribution in [0.5, 0.6) is 5.75 Å². The molecule has 2 heterocycles. The van der Waals surface area contributed by atoms with E-state index in [4.69, 9.17) is 13.9 Å². The van der Waals surface area contributed by atoms with E-state index in [2.05, 4.69) is 0 Å². The average molecular weight is 470 g/mol. The Labute approximate surface area is 190 Å². The molecule has 8 nitrogen and oxygen atoms in total. The van der Waals surface area contributed by atoms with Gasteiger partial charge in [-0.15, -0.1) is 0 Å². The van der Waals surface area contributed by atoms with Crippen molar-refractivity contribution in [2.45, 2.75) is 31.1 Å². The first-order chi connectivity index (χ1) is 15.8. The van der Waals surface area contributed by atoms with E-state index < -0.39 is 16.0 Å². The Bertz CT molecular complexity index is 1420. The lowest BCUT2D eigenvalue weighted by atomic mass is 10.1. The van der Waals surface area contributed by atoms with Crippen molar-refractivity contribution in [1.82, 2.24) is 4.31 Å². The van der Waals surface area contributed by atoms with Crippen LogP contribution in [0.3, 0.4) is 0 Å². The van der Waals surface area contributed by atoms with Crippen molar-refractivity contribution in [3.8, 4) is 5.75 Å². The van der Waals surface area contributed by atoms with E-state index in [1.807, 2.05) is 0 Å². The topological polar surface area (TPSA) is 103 Å². The molecule has 0 saturated carbocycles. The van der Waals surface area contributed by atoms with Crippen molar-refractivity contribution < 1.29 is 27.1 Å². The smallest absolute Gasteiger partial charge is 0.343 e. The Balaban J connectivity index is 1.43. The molecule has 1 aliphatic heterocycles. The highest BCUT2D eigenvalue weighted by molar-refractivity contribution is 7.89. The largest absolute Gasteiger partial charge is 0.423 e. The number of hydrogen-bond acceptors (Lipinski definition) is 7. The Hall–Kier alpha value is -3.01. The van der Waals surface area contributed by atoms with Gasteiger partial charge in [-0.05, 0) is 61.6 Å². The second kappa shape index (κ2) is 8.40.